The predicted molar refractivity (Wildman–Crippen MR) is 88.3 cm³/mol. The average Bonchev–Trinajstić information content (AvgIpc) is 2.49. The summed E-state index contributed by atoms with van der Waals surface area (Å²) in [5.41, 5.74) is 2.85. The maximum Gasteiger partial charge on any atom is 0.333 e. The van der Waals surface area contributed by atoms with Crippen molar-refractivity contribution in [2.45, 2.75) is 19.9 Å². The second kappa shape index (κ2) is 7.27. The molecule has 110 valence electrons. The molecule has 0 fully saturated rings. The van der Waals surface area contributed by atoms with Gasteiger partial charge in [0.25, 0.3) is 0 Å². The van der Waals surface area contributed by atoms with E-state index >= 15 is 0 Å². The second-order valence-electron chi connectivity index (χ2n) is 4.70. The van der Waals surface area contributed by atoms with Crippen LogP contribution in [0.5, 0.6) is 0 Å². The molecule has 0 amide bonds. The fourth-order valence-electron chi connectivity index (χ4n) is 2.05. The van der Waals surface area contributed by atoms with E-state index in [1.54, 1.807) is 0 Å². The van der Waals surface area contributed by atoms with Gasteiger partial charge in [-0.1, -0.05) is 46.3 Å². The molecule has 0 aliphatic rings. The van der Waals surface area contributed by atoms with Gasteiger partial charge in [-0.15, -0.1) is 0 Å². The lowest BCUT2D eigenvalue weighted by Crippen LogP contribution is -2.23. The molecule has 2 aromatic carbocycles. The van der Waals surface area contributed by atoms with Crippen molar-refractivity contribution in [1.82, 2.24) is 0 Å². The Balaban J connectivity index is 2.31. The molecule has 0 bridgehead atoms. The summed E-state index contributed by atoms with van der Waals surface area (Å²) in [6.45, 7) is 4.17. The first-order valence-corrected chi connectivity index (χ1v) is 7.65. The molecule has 0 spiro atoms. The Bertz CT molecular complexity index is 613. The Hall–Kier alpha value is -1.81. The number of ether oxygens (including phenoxy) is 1. The smallest absolute Gasteiger partial charge is 0.333 e. The number of nitrogens with one attached hydrogen (secondary N) is 1. The third kappa shape index (κ3) is 4.08. The van der Waals surface area contributed by atoms with E-state index in [4.69, 9.17) is 4.74 Å². The molecule has 1 atom stereocenters. The van der Waals surface area contributed by atoms with Gasteiger partial charge in [0.05, 0.1) is 6.61 Å². The zero-order valence-electron chi connectivity index (χ0n) is 12.1. The van der Waals surface area contributed by atoms with Gasteiger partial charge in [-0.05, 0) is 43.2 Å². The highest BCUT2D eigenvalue weighted by molar-refractivity contribution is 9.10. The van der Waals surface area contributed by atoms with Crippen molar-refractivity contribution in [3.8, 4) is 0 Å². The molecule has 21 heavy (non-hydrogen) atoms. The van der Waals surface area contributed by atoms with E-state index < -0.39 is 6.04 Å². The Morgan fingerprint density at radius 2 is 1.95 bits per heavy atom. The van der Waals surface area contributed by atoms with Gasteiger partial charge in [-0.25, -0.2) is 4.79 Å². The van der Waals surface area contributed by atoms with Gasteiger partial charge in [-0.2, -0.15) is 0 Å². The quantitative estimate of drug-likeness (QED) is 0.810. The van der Waals surface area contributed by atoms with Gasteiger partial charge in [0.15, 0.2) is 6.04 Å². The minimum Gasteiger partial charge on any atom is -0.464 e. The first-order valence-electron chi connectivity index (χ1n) is 6.86. The van der Waals surface area contributed by atoms with Crippen LogP contribution in [0.15, 0.2) is 53.0 Å². The summed E-state index contributed by atoms with van der Waals surface area (Å²) in [6, 6.07) is 15.0. The van der Waals surface area contributed by atoms with Crippen LogP contribution in [0.3, 0.4) is 0 Å². The molecular weight excluding hydrogens is 330 g/mol. The summed E-state index contributed by atoms with van der Waals surface area (Å²) in [5.74, 6) is -0.275. The topological polar surface area (TPSA) is 38.3 Å². The summed E-state index contributed by atoms with van der Waals surface area (Å²) in [5, 5.41) is 3.24. The summed E-state index contributed by atoms with van der Waals surface area (Å²) in [4.78, 5) is 12.2. The fraction of sp³-hybridized carbons (Fsp3) is 0.235. The monoisotopic (exact) mass is 347 g/mol. The molecule has 0 aliphatic carbocycles. The molecule has 1 unspecified atom stereocenters. The van der Waals surface area contributed by atoms with Crippen LogP contribution in [0.25, 0.3) is 0 Å². The van der Waals surface area contributed by atoms with Crippen LogP contribution in [0.2, 0.25) is 0 Å². The van der Waals surface area contributed by atoms with Crippen LogP contribution in [0, 0.1) is 6.92 Å². The van der Waals surface area contributed by atoms with E-state index in [9.17, 15) is 4.79 Å². The van der Waals surface area contributed by atoms with Crippen molar-refractivity contribution in [2.75, 3.05) is 11.9 Å². The van der Waals surface area contributed by atoms with Gasteiger partial charge in [0.2, 0.25) is 0 Å². The average molecular weight is 348 g/mol. The molecule has 1 N–H and O–H groups in total. The van der Waals surface area contributed by atoms with E-state index in [0.717, 1.165) is 21.3 Å². The summed E-state index contributed by atoms with van der Waals surface area (Å²) >= 11 is 3.48. The predicted octanol–water partition coefficient (Wildman–Crippen LogP) is 4.47. The van der Waals surface area contributed by atoms with Gasteiger partial charge >= 0.3 is 5.97 Å². The van der Waals surface area contributed by atoms with Crippen molar-refractivity contribution in [3.63, 3.8) is 0 Å². The number of anilines is 1. The standard InChI is InChI=1S/C17H18BrNO2/c1-3-21-17(20)16(19-14-7-5-4-6-8-14)13-9-10-15(18)12(2)11-13/h4-11,16,19H,3H2,1-2H3. The molecule has 2 rings (SSSR count). The third-order valence-electron chi connectivity index (χ3n) is 3.12. The van der Waals surface area contributed by atoms with Gasteiger partial charge < -0.3 is 10.1 Å². The van der Waals surface area contributed by atoms with Crippen LogP contribution >= 0.6 is 15.9 Å². The Morgan fingerprint density at radius 3 is 2.57 bits per heavy atom. The molecule has 0 radical (unpaired) electrons. The van der Waals surface area contributed by atoms with E-state index in [1.165, 1.54) is 0 Å². The number of para-hydroxylation sites is 1. The fourth-order valence-corrected chi connectivity index (χ4v) is 2.30. The zero-order valence-corrected chi connectivity index (χ0v) is 13.7. The number of rotatable bonds is 5. The summed E-state index contributed by atoms with van der Waals surface area (Å²) < 4.78 is 6.21. The number of benzene rings is 2. The molecule has 0 aliphatic heterocycles. The van der Waals surface area contributed by atoms with Crippen LogP contribution in [-0.4, -0.2) is 12.6 Å². The number of halogens is 1. The Morgan fingerprint density at radius 1 is 1.24 bits per heavy atom. The highest BCUT2D eigenvalue weighted by atomic mass is 79.9. The minimum absolute atomic E-state index is 0.275. The van der Waals surface area contributed by atoms with Crippen molar-refractivity contribution in [2.24, 2.45) is 0 Å². The SMILES string of the molecule is CCOC(=O)C(Nc1ccccc1)c1ccc(Br)c(C)c1. The highest BCUT2D eigenvalue weighted by Crippen LogP contribution is 2.25. The summed E-state index contributed by atoms with van der Waals surface area (Å²) in [6.07, 6.45) is 0. The van der Waals surface area contributed by atoms with Crippen molar-refractivity contribution < 1.29 is 9.53 Å². The maximum atomic E-state index is 12.2. The molecule has 0 saturated carbocycles. The lowest BCUT2D eigenvalue weighted by molar-refractivity contribution is -0.144. The third-order valence-corrected chi connectivity index (χ3v) is 4.01. The Kier molecular flexibility index (Phi) is 5.39. The number of hydrogen-bond donors (Lipinski definition) is 1. The normalized spacial score (nSPS) is 11.8. The number of hydrogen-bond acceptors (Lipinski definition) is 3. The first kappa shape index (κ1) is 15.6. The van der Waals surface area contributed by atoms with Gasteiger partial charge in [0, 0.05) is 10.2 Å². The Labute approximate surface area is 133 Å². The van der Waals surface area contributed by atoms with Crippen LogP contribution in [0.1, 0.15) is 24.1 Å². The van der Waals surface area contributed by atoms with E-state index in [0.29, 0.717) is 6.61 Å². The summed E-state index contributed by atoms with van der Waals surface area (Å²) in [7, 11) is 0. The molecule has 0 heterocycles. The molecule has 0 aromatic heterocycles. The highest BCUT2D eigenvalue weighted by Gasteiger charge is 2.22. The van der Waals surface area contributed by atoms with E-state index in [1.807, 2.05) is 62.4 Å². The lowest BCUT2D eigenvalue weighted by Gasteiger charge is -2.19. The number of carbonyl (C=O) groups is 1. The lowest BCUT2D eigenvalue weighted by atomic mass is 10.0. The number of carbonyl (C=O) groups excluding carboxylic acids is 1. The molecular formula is C17H18BrNO2. The van der Waals surface area contributed by atoms with Crippen LogP contribution in [-0.2, 0) is 9.53 Å². The van der Waals surface area contributed by atoms with Crippen LogP contribution in [0.4, 0.5) is 5.69 Å². The minimum atomic E-state index is -0.515. The van der Waals surface area contributed by atoms with Crippen LogP contribution < -0.4 is 5.32 Å². The second-order valence-corrected chi connectivity index (χ2v) is 5.56. The molecule has 2 aromatic rings. The maximum absolute atomic E-state index is 12.2. The van der Waals surface area contributed by atoms with E-state index in [-0.39, 0.29) is 5.97 Å². The van der Waals surface area contributed by atoms with Gasteiger partial charge in [0.1, 0.15) is 0 Å². The van der Waals surface area contributed by atoms with E-state index in [2.05, 4.69) is 21.2 Å². The zero-order chi connectivity index (χ0) is 15.2. The number of aryl methyl sites for hydroxylation is 1. The molecule has 4 heteroatoms. The first-order chi connectivity index (χ1) is 10.1. The number of esters is 1. The van der Waals surface area contributed by atoms with Crippen molar-refractivity contribution >= 4 is 27.6 Å². The largest absolute Gasteiger partial charge is 0.464 e. The molecule has 0 saturated heterocycles. The molecule has 3 nitrogen and oxygen atoms in total. The van der Waals surface area contributed by atoms with Gasteiger partial charge in [-0.3, -0.25) is 0 Å². The van der Waals surface area contributed by atoms with Crippen molar-refractivity contribution in [3.05, 3.63) is 64.1 Å². The van der Waals surface area contributed by atoms with Crippen molar-refractivity contribution in [1.29, 1.82) is 0 Å².